The molecule has 0 aromatic carbocycles. The number of hydrogen-bond acceptors (Lipinski definition) is 3. The maximum atomic E-state index is 3.51. The normalized spacial score (nSPS) is 33.0. The summed E-state index contributed by atoms with van der Waals surface area (Å²) < 4.78 is 0. The third-order valence-corrected chi connectivity index (χ3v) is 4.64. The highest BCUT2D eigenvalue weighted by atomic mass is 35.5. The van der Waals surface area contributed by atoms with Crippen molar-refractivity contribution in [3.63, 3.8) is 0 Å². The van der Waals surface area contributed by atoms with Crippen LogP contribution in [0.4, 0.5) is 0 Å². The molecule has 3 nitrogen and oxygen atoms in total. The maximum absolute atomic E-state index is 3.51. The van der Waals surface area contributed by atoms with Gasteiger partial charge in [0.1, 0.15) is 0 Å². The molecule has 18 heavy (non-hydrogen) atoms. The summed E-state index contributed by atoms with van der Waals surface area (Å²) in [4.78, 5) is 5.31. The number of hydrogen-bond donors (Lipinski definition) is 1. The zero-order valence-electron chi connectivity index (χ0n) is 12.2. The SMILES string of the molecule is CCN(CC)C1CCN(CC2(C)CCNC2)C1.Cl. The van der Waals surface area contributed by atoms with Crippen LogP contribution < -0.4 is 5.32 Å². The van der Waals surface area contributed by atoms with Gasteiger partial charge in [-0.1, -0.05) is 20.8 Å². The first-order chi connectivity index (χ1) is 8.17. The molecule has 108 valence electrons. The Bertz CT molecular complexity index is 237. The Morgan fingerprint density at radius 2 is 2.06 bits per heavy atom. The molecule has 0 bridgehead atoms. The van der Waals surface area contributed by atoms with Gasteiger partial charge < -0.3 is 10.2 Å². The van der Waals surface area contributed by atoms with Crippen molar-refractivity contribution < 1.29 is 0 Å². The molecule has 4 heteroatoms. The smallest absolute Gasteiger partial charge is 0.0235 e. The first-order valence-corrected chi connectivity index (χ1v) is 7.34. The van der Waals surface area contributed by atoms with Crippen molar-refractivity contribution in [2.45, 2.75) is 39.7 Å². The van der Waals surface area contributed by atoms with Gasteiger partial charge in [0.05, 0.1) is 0 Å². The molecular formula is C14H30ClN3. The van der Waals surface area contributed by atoms with Crippen molar-refractivity contribution in [1.82, 2.24) is 15.1 Å². The molecule has 2 atom stereocenters. The zero-order valence-corrected chi connectivity index (χ0v) is 13.1. The van der Waals surface area contributed by atoms with Gasteiger partial charge in [0.15, 0.2) is 0 Å². The molecule has 0 aromatic rings. The Labute approximate surface area is 119 Å². The van der Waals surface area contributed by atoms with Gasteiger partial charge in [0, 0.05) is 25.7 Å². The number of rotatable bonds is 5. The second kappa shape index (κ2) is 7.09. The number of nitrogens with one attached hydrogen (secondary N) is 1. The second-order valence-electron chi connectivity index (χ2n) is 6.14. The fourth-order valence-corrected chi connectivity index (χ4v) is 3.54. The van der Waals surface area contributed by atoms with Gasteiger partial charge in [0.25, 0.3) is 0 Å². The summed E-state index contributed by atoms with van der Waals surface area (Å²) in [7, 11) is 0. The van der Waals surface area contributed by atoms with Crippen LogP contribution in [0.3, 0.4) is 0 Å². The first-order valence-electron chi connectivity index (χ1n) is 7.34. The van der Waals surface area contributed by atoms with Crippen LogP contribution in [0.2, 0.25) is 0 Å². The van der Waals surface area contributed by atoms with Crippen LogP contribution in [0.5, 0.6) is 0 Å². The molecular weight excluding hydrogens is 246 g/mol. The highest BCUT2D eigenvalue weighted by Gasteiger charge is 2.34. The van der Waals surface area contributed by atoms with Crippen LogP contribution >= 0.6 is 12.4 Å². The first kappa shape index (κ1) is 16.2. The van der Waals surface area contributed by atoms with Crippen LogP contribution in [0.25, 0.3) is 0 Å². The summed E-state index contributed by atoms with van der Waals surface area (Å²) in [5.74, 6) is 0. The number of halogens is 1. The van der Waals surface area contributed by atoms with Crippen molar-refractivity contribution in [3.05, 3.63) is 0 Å². The predicted octanol–water partition coefficient (Wildman–Crippen LogP) is 1.82. The minimum Gasteiger partial charge on any atom is -0.316 e. The number of likely N-dealkylation sites (N-methyl/N-ethyl adjacent to an activating group) is 1. The summed E-state index contributed by atoms with van der Waals surface area (Å²) in [6.07, 6.45) is 2.71. The molecule has 2 unspecified atom stereocenters. The van der Waals surface area contributed by atoms with Crippen molar-refractivity contribution in [3.8, 4) is 0 Å². The monoisotopic (exact) mass is 275 g/mol. The molecule has 2 aliphatic rings. The second-order valence-corrected chi connectivity index (χ2v) is 6.14. The third-order valence-electron chi connectivity index (χ3n) is 4.64. The van der Waals surface area contributed by atoms with Gasteiger partial charge >= 0.3 is 0 Å². The number of nitrogens with zero attached hydrogens (tertiary/aromatic N) is 2. The molecule has 0 saturated carbocycles. The average Bonchev–Trinajstić information content (AvgIpc) is 2.91. The molecule has 0 amide bonds. The van der Waals surface area contributed by atoms with E-state index in [9.17, 15) is 0 Å². The van der Waals surface area contributed by atoms with Crippen LogP contribution in [0, 0.1) is 5.41 Å². The van der Waals surface area contributed by atoms with Crippen LogP contribution in [0.1, 0.15) is 33.6 Å². The van der Waals surface area contributed by atoms with Crippen molar-refractivity contribution in [2.24, 2.45) is 5.41 Å². The van der Waals surface area contributed by atoms with E-state index < -0.39 is 0 Å². The van der Waals surface area contributed by atoms with E-state index in [-0.39, 0.29) is 12.4 Å². The maximum Gasteiger partial charge on any atom is 0.0235 e. The number of likely N-dealkylation sites (tertiary alicyclic amines) is 1. The van der Waals surface area contributed by atoms with Gasteiger partial charge in [-0.2, -0.15) is 0 Å². The molecule has 1 N–H and O–H groups in total. The van der Waals surface area contributed by atoms with Crippen LogP contribution in [0.15, 0.2) is 0 Å². The highest BCUT2D eigenvalue weighted by Crippen LogP contribution is 2.28. The highest BCUT2D eigenvalue weighted by molar-refractivity contribution is 5.85. The molecule has 0 aliphatic carbocycles. The molecule has 2 aliphatic heterocycles. The fourth-order valence-electron chi connectivity index (χ4n) is 3.54. The Kier molecular flexibility index (Phi) is 6.39. The lowest BCUT2D eigenvalue weighted by atomic mass is 9.89. The van der Waals surface area contributed by atoms with Gasteiger partial charge in [0.2, 0.25) is 0 Å². The van der Waals surface area contributed by atoms with Crippen molar-refractivity contribution in [1.29, 1.82) is 0 Å². The van der Waals surface area contributed by atoms with Gasteiger partial charge in [-0.05, 0) is 44.4 Å². The Morgan fingerprint density at radius 1 is 1.33 bits per heavy atom. The predicted molar refractivity (Wildman–Crippen MR) is 80.6 cm³/mol. The van der Waals surface area contributed by atoms with E-state index in [1.54, 1.807) is 0 Å². The van der Waals surface area contributed by atoms with Crippen LogP contribution in [-0.4, -0.2) is 61.7 Å². The van der Waals surface area contributed by atoms with E-state index in [0.29, 0.717) is 5.41 Å². The summed E-state index contributed by atoms with van der Waals surface area (Å²) in [6, 6.07) is 0.808. The van der Waals surface area contributed by atoms with E-state index >= 15 is 0 Å². The zero-order chi connectivity index (χ0) is 12.3. The van der Waals surface area contributed by atoms with Crippen molar-refractivity contribution in [2.75, 3.05) is 45.8 Å². The van der Waals surface area contributed by atoms with E-state index in [4.69, 9.17) is 0 Å². The third kappa shape index (κ3) is 3.83. The van der Waals surface area contributed by atoms with Crippen molar-refractivity contribution >= 4 is 12.4 Å². The van der Waals surface area contributed by atoms with Gasteiger partial charge in [-0.15, -0.1) is 12.4 Å². The Hall–Kier alpha value is 0.170. The van der Waals surface area contributed by atoms with E-state index in [2.05, 4.69) is 35.9 Å². The molecule has 0 radical (unpaired) electrons. The summed E-state index contributed by atoms with van der Waals surface area (Å²) in [6.45, 7) is 15.7. The van der Waals surface area contributed by atoms with E-state index in [0.717, 1.165) is 6.04 Å². The minimum absolute atomic E-state index is 0. The topological polar surface area (TPSA) is 18.5 Å². The quantitative estimate of drug-likeness (QED) is 0.826. The largest absolute Gasteiger partial charge is 0.316 e. The lowest BCUT2D eigenvalue weighted by Gasteiger charge is -2.30. The Morgan fingerprint density at radius 3 is 2.61 bits per heavy atom. The van der Waals surface area contributed by atoms with Gasteiger partial charge in [-0.25, -0.2) is 0 Å². The summed E-state index contributed by atoms with van der Waals surface area (Å²) in [5.41, 5.74) is 0.526. The van der Waals surface area contributed by atoms with Crippen LogP contribution in [-0.2, 0) is 0 Å². The van der Waals surface area contributed by atoms with E-state index in [1.165, 1.54) is 58.7 Å². The average molecular weight is 276 g/mol. The lowest BCUT2D eigenvalue weighted by molar-refractivity contribution is 0.177. The lowest BCUT2D eigenvalue weighted by Crippen LogP contribution is -2.40. The summed E-state index contributed by atoms with van der Waals surface area (Å²) >= 11 is 0. The molecule has 2 rings (SSSR count). The minimum atomic E-state index is 0. The molecule has 2 fully saturated rings. The molecule has 0 spiro atoms. The Balaban J connectivity index is 0.00000162. The molecule has 0 aromatic heterocycles. The molecule has 2 saturated heterocycles. The van der Waals surface area contributed by atoms with Gasteiger partial charge in [-0.3, -0.25) is 4.90 Å². The standard InChI is InChI=1S/C14H29N3.ClH/c1-4-17(5-2)13-6-9-16(10-13)12-14(3)7-8-15-11-14;/h13,15H,4-12H2,1-3H3;1H. The molecule has 2 heterocycles. The fraction of sp³-hybridized carbons (Fsp3) is 1.00. The summed E-state index contributed by atoms with van der Waals surface area (Å²) in [5, 5.41) is 3.51. The van der Waals surface area contributed by atoms with E-state index in [1.807, 2.05) is 0 Å².